The summed E-state index contributed by atoms with van der Waals surface area (Å²) in [4.78, 5) is 24.4. The second-order valence-corrected chi connectivity index (χ2v) is 6.21. The number of carbonyl (C=O) groups is 1. The van der Waals surface area contributed by atoms with Gasteiger partial charge in [0.25, 0.3) is 5.91 Å². The van der Waals surface area contributed by atoms with Crippen LogP contribution in [0.2, 0.25) is 5.02 Å². The summed E-state index contributed by atoms with van der Waals surface area (Å²) >= 11 is 6.24. The Morgan fingerprint density at radius 1 is 1.08 bits per heavy atom. The SMILES string of the molecule is O=C(NCc1ccccn1)c1ccc2nc(-c3ccccc3Cl)[nH]c2c1. The topological polar surface area (TPSA) is 70.7 Å². The number of imidazole rings is 1. The molecule has 6 heteroatoms. The smallest absolute Gasteiger partial charge is 0.251 e. The van der Waals surface area contributed by atoms with Crippen molar-refractivity contribution in [2.24, 2.45) is 0 Å². The van der Waals surface area contributed by atoms with Crippen molar-refractivity contribution in [2.75, 3.05) is 0 Å². The number of H-pyrrole nitrogens is 1. The zero-order valence-corrected chi connectivity index (χ0v) is 14.5. The molecule has 0 aliphatic rings. The van der Waals surface area contributed by atoms with Crippen LogP contribution in [0.4, 0.5) is 0 Å². The molecule has 0 saturated carbocycles. The predicted octanol–water partition coefficient (Wildman–Crippen LogP) is 4.21. The van der Waals surface area contributed by atoms with Gasteiger partial charge in [-0.2, -0.15) is 0 Å². The van der Waals surface area contributed by atoms with E-state index in [-0.39, 0.29) is 5.91 Å². The summed E-state index contributed by atoms with van der Waals surface area (Å²) in [7, 11) is 0. The highest BCUT2D eigenvalue weighted by molar-refractivity contribution is 6.33. The number of hydrogen-bond acceptors (Lipinski definition) is 3. The highest BCUT2D eigenvalue weighted by Gasteiger charge is 2.11. The van der Waals surface area contributed by atoms with Gasteiger partial charge in [0.05, 0.1) is 28.3 Å². The maximum Gasteiger partial charge on any atom is 0.251 e. The third-order valence-electron chi connectivity index (χ3n) is 4.03. The number of nitrogens with one attached hydrogen (secondary N) is 2. The summed E-state index contributed by atoms with van der Waals surface area (Å²) in [6.07, 6.45) is 1.70. The lowest BCUT2D eigenvalue weighted by molar-refractivity contribution is 0.0950. The van der Waals surface area contributed by atoms with E-state index in [4.69, 9.17) is 11.6 Å². The molecule has 0 unspecified atom stereocenters. The molecule has 0 saturated heterocycles. The van der Waals surface area contributed by atoms with Gasteiger partial charge < -0.3 is 10.3 Å². The van der Waals surface area contributed by atoms with E-state index in [2.05, 4.69) is 20.3 Å². The van der Waals surface area contributed by atoms with E-state index in [0.717, 1.165) is 22.3 Å². The van der Waals surface area contributed by atoms with E-state index in [1.807, 2.05) is 48.5 Å². The molecule has 0 spiro atoms. The second kappa shape index (κ2) is 6.98. The van der Waals surface area contributed by atoms with E-state index in [1.54, 1.807) is 18.3 Å². The van der Waals surface area contributed by atoms with Crippen LogP contribution in [0, 0.1) is 0 Å². The first-order chi connectivity index (χ1) is 12.7. The van der Waals surface area contributed by atoms with Crippen molar-refractivity contribution in [3.8, 4) is 11.4 Å². The number of aromatic nitrogens is 3. The highest BCUT2D eigenvalue weighted by Crippen LogP contribution is 2.27. The summed E-state index contributed by atoms with van der Waals surface area (Å²) < 4.78 is 0. The fourth-order valence-corrected chi connectivity index (χ4v) is 2.93. The summed E-state index contributed by atoms with van der Waals surface area (Å²) in [5.41, 5.74) is 3.75. The number of pyridine rings is 1. The zero-order chi connectivity index (χ0) is 17.9. The normalized spacial score (nSPS) is 10.8. The summed E-state index contributed by atoms with van der Waals surface area (Å²) in [5.74, 6) is 0.517. The Bertz CT molecular complexity index is 1080. The Morgan fingerprint density at radius 2 is 1.92 bits per heavy atom. The number of nitrogens with zero attached hydrogens (tertiary/aromatic N) is 2. The van der Waals surface area contributed by atoms with Gasteiger partial charge in [0.15, 0.2) is 0 Å². The Kier molecular flexibility index (Phi) is 4.37. The predicted molar refractivity (Wildman–Crippen MR) is 102 cm³/mol. The first kappa shape index (κ1) is 16.3. The largest absolute Gasteiger partial charge is 0.346 e. The van der Waals surface area contributed by atoms with Crippen molar-refractivity contribution in [3.63, 3.8) is 0 Å². The summed E-state index contributed by atoms with van der Waals surface area (Å²) in [5, 5.41) is 3.50. The van der Waals surface area contributed by atoms with Crippen molar-refractivity contribution in [2.45, 2.75) is 6.54 Å². The van der Waals surface area contributed by atoms with Crippen LogP contribution in [0.5, 0.6) is 0 Å². The number of amides is 1. The number of hydrogen-bond donors (Lipinski definition) is 2. The Morgan fingerprint density at radius 3 is 2.73 bits per heavy atom. The Hall–Kier alpha value is -3.18. The van der Waals surface area contributed by atoms with Crippen LogP contribution in [0.15, 0.2) is 66.9 Å². The van der Waals surface area contributed by atoms with Crippen LogP contribution >= 0.6 is 11.6 Å². The minimum Gasteiger partial charge on any atom is -0.346 e. The fraction of sp³-hybridized carbons (Fsp3) is 0.0500. The quantitative estimate of drug-likeness (QED) is 0.571. The van der Waals surface area contributed by atoms with Gasteiger partial charge in [-0.25, -0.2) is 4.98 Å². The van der Waals surface area contributed by atoms with Gasteiger partial charge in [-0.05, 0) is 42.5 Å². The number of halogens is 1. The molecule has 0 aliphatic carbocycles. The first-order valence-corrected chi connectivity index (χ1v) is 8.51. The molecular weight excluding hydrogens is 348 g/mol. The minimum atomic E-state index is -0.161. The molecule has 26 heavy (non-hydrogen) atoms. The van der Waals surface area contributed by atoms with Crippen molar-refractivity contribution in [1.82, 2.24) is 20.3 Å². The number of fused-ring (bicyclic) bond motifs is 1. The summed E-state index contributed by atoms with van der Waals surface area (Å²) in [6, 6.07) is 18.5. The minimum absolute atomic E-state index is 0.161. The van der Waals surface area contributed by atoms with E-state index in [9.17, 15) is 4.79 Å². The Labute approximate surface area is 155 Å². The number of carbonyl (C=O) groups excluding carboxylic acids is 1. The molecule has 4 rings (SSSR count). The second-order valence-electron chi connectivity index (χ2n) is 5.80. The molecule has 2 aromatic heterocycles. The standard InChI is InChI=1S/C20H15ClN4O/c21-16-7-2-1-6-15(16)19-24-17-9-8-13(11-18(17)25-19)20(26)23-12-14-5-3-4-10-22-14/h1-11H,12H2,(H,23,26)(H,24,25). The zero-order valence-electron chi connectivity index (χ0n) is 13.7. The van der Waals surface area contributed by atoms with E-state index >= 15 is 0 Å². The molecule has 0 aliphatic heterocycles. The maximum atomic E-state index is 12.4. The lowest BCUT2D eigenvalue weighted by Crippen LogP contribution is -2.23. The average molecular weight is 363 g/mol. The molecule has 0 atom stereocenters. The molecule has 2 N–H and O–H groups in total. The molecule has 128 valence electrons. The number of benzene rings is 2. The number of aromatic amines is 1. The highest BCUT2D eigenvalue weighted by atomic mass is 35.5. The summed E-state index contributed by atoms with van der Waals surface area (Å²) in [6.45, 7) is 0.381. The van der Waals surface area contributed by atoms with Gasteiger partial charge in [0, 0.05) is 17.3 Å². The average Bonchev–Trinajstić information content (AvgIpc) is 3.10. The molecular formula is C20H15ClN4O. The van der Waals surface area contributed by atoms with Crippen molar-refractivity contribution < 1.29 is 4.79 Å². The first-order valence-electron chi connectivity index (χ1n) is 8.13. The van der Waals surface area contributed by atoms with Crippen LogP contribution in [0.3, 0.4) is 0 Å². The van der Waals surface area contributed by atoms with E-state index in [0.29, 0.717) is 23.0 Å². The van der Waals surface area contributed by atoms with Gasteiger partial charge >= 0.3 is 0 Å². The number of rotatable bonds is 4. The van der Waals surface area contributed by atoms with Crippen LogP contribution < -0.4 is 5.32 Å². The van der Waals surface area contributed by atoms with Gasteiger partial charge in [-0.3, -0.25) is 9.78 Å². The molecule has 0 fully saturated rings. The van der Waals surface area contributed by atoms with Crippen LogP contribution in [-0.4, -0.2) is 20.9 Å². The maximum absolute atomic E-state index is 12.4. The molecule has 5 nitrogen and oxygen atoms in total. The van der Waals surface area contributed by atoms with Crippen LogP contribution in [-0.2, 0) is 6.54 Å². The third-order valence-corrected chi connectivity index (χ3v) is 4.36. The monoisotopic (exact) mass is 362 g/mol. The van der Waals surface area contributed by atoms with Gasteiger partial charge in [-0.15, -0.1) is 0 Å². The third kappa shape index (κ3) is 3.30. The molecule has 0 bridgehead atoms. The van der Waals surface area contributed by atoms with Gasteiger partial charge in [-0.1, -0.05) is 29.8 Å². The fourth-order valence-electron chi connectivity index (χ4n) is 2.71. The molecule has 2 heterocycles. The van der Waals surface area contributed by atoms with Crippen LogP contribution in [0.1, 0.15) is 16.1 Å². The lowest BCUT2D eigenvalue weighted by Gasteiger charge is -2.04. The van der Waals surface area contributed by atoms with Gasteiger partial charge in [0.2, 0.25) is 0 Å². The molecule has 1 amide bonds. The van der Waals surface area contributed by atoms with Crippen LogP contribution in [0.25, 0.3) is 22.4 Å². The lowest BCUT2D eigenvalue weighted by atomic mass is 10.2. The van der Waals surface area contributed by atoms with Crippen molar-refractivity contribution in [3.05, 3.63) is 83.1 Å². The molecule has 2 aromatic carbocycles. The van der Waals surface area contributed by atoms with E-state index < -0.39 is 0 Å². The van der Waals surface area contributed by atoms with E-state index in [1.165, 1.54) is 0 Å². The van der Waals surface area contributed by atoms with Crippen molar-refractivity contribution in [1.29, 1.82) is 0 Å². The van der Waals surface area contributed by atoms with Crippen molar-refractivity contribution >= 4 is 28.5 Å². The Balaban J connectivity index is 1.57. The molecule has 0 radical (unpaired) electrons. The molecule has 4 aromatic rings. The van der Waals surface area contributed by atoms with Gasteiger partial charge in [0.1, 0.15) is 5.82 Å².